The number of ketones is 3. The number of benzene rings is 4. The summed E-state index contributed by atoms with van der Waals surface area (Å²) in [5.74, 6) is -0.248. The van der Waals surface area contributed by atoms with E-state index in [0.717, 1.165) is 152 Å². The predicted octanol–water partition coefficient (Wildman–Crippen LogP) is 23.8. The zero-order chi connectivity index (χ0) is 102. The number of esters is 7. The Morgan fingerprint density at radius 3 is 0.979 bits per heavy atom. The molecule has 0 heterocycles. The van der Waals surface area contributed by atoms with E-state index < -0.39 is 123 Å². The van der Waals surface area contributed by atoms with Crippen molar-refractivity contribution in [2.45, 2.75) is 333 Å². The molecule has 4 fully saturated rings. The molecule has 140 heavy (non-hydrogen) atoms. The van der Waals surface area contributed by atoms with E-state index in [0.29, 0.717) is 116 Å². The lowest BCUT2D eigenvalue weighted by Gasteiger charge is -2.36. The molecule has 8 rings (SSSR count). The summed E-state index contributed by atoms with van der Waals surface area (Å²) in [6, 6.07) is 26.1. The molecule has 2 unspecified atom stereocenters. The van der Waals surface area contributed by atoms with Crippen LogP contribution in [-0.4, -0.2) is 167 Å². The first-order chi connectivity index (χ1) is 66.6. The summed E-state index contributed by atoms with van der Waals surface area (Å²) in [7, 11) is 0. The third-order valence-corrected chi connectivity index (χ3v) is 25.8. The van der Waals surface area contributed by atoms with Crippen LogP contribution in [0.4, 0.5) is 52.7 Å². The van der Waals surface area contributed by atoms with Crippen LogP contribution in [-0.2, 0) is 81.0 Å². The minimum absolute atomic E-state index is 0.00499. The van der Waals surface area contributed by atoms with Crippen LogP contribution in [0.1, 0.15) is 305 Å². The average Bonchev–Trinajstić information content (AvgIpc) is 0.761. The number of hydrogen-bond acceptors (Lipinski definition) is 25. The lowest BCUT2D eigenvalue weighted by atomic mass is 9.69. The van der Waals surface area contributed by atoms with Crippen molar-refractivity contribution in [1.82, 2.24) is 0 Å². The van der Waals surface area contributed by atoms with E-state index in [4.69, 9.17) is 47.4 Å². The predicted molar refractivity (Wildman–Crippen MR) is 484 cm³/mol. The van der Waals surface area contributed by atoms with Crippen molar-refractivity contribution in [2.75, 3.05) is 59.5 Å². The first-order valence-electron chi connectivity index (χ1n) is 49.4. The van der Waals surface area contributed by atoms with Crippen LogP contribution in [0.5, 0.6) is 34.5 Å². The number of rotatable bonds is 66. The summed E-state index contributed by atoms with van der Waals surface area (Å²) in [6.45, 7) is 3.57. The van der Waals surface area contributed by atoms with Crippen LogP contribution in [0.15, 0.2) is 97.1 Å². The van der Waals surface area contributed by atoms with Crippen molar-refractivity contribution < 1.29 is 172 Å². The Bertz CT molecular complexity index is 4420. The van der Waals surface area contributed by atoms with Gasteiger partial charge in [0.2, 0.25) is 0 Å². The number of Topliss-reactive ketones (excluding diaryl/α,β-unsaturated/α-hetero) is 3. The van der Waals surface area contributed by atoms with Gasteiger partial charge in [-0.25, -0.2) is 23.8 Å². The maximum Gasteiger partial charge on any atom is 0.453 e. The van der Waals surface area contributed by atoms with E-state index in [-0.39, 0.29) is 74.4 Å². The summed E-state index contributed by atoms with van der Waals surface area (Å²) in [6.07, 6.45) is -14.6. The van der Waals surface area contributed by atoms with Crippen molar-refractivity contribution in [1.29, 1.82) is 0 Å². The standard InChI is InChI=1S/C103H136F12O25/c1-70-25-29-74(30-26-70)76-33-37-78(38-34-76)94(122)134-85-49-53-87(54-50-85)136-96(124)80-41-45-83(46-42-80)129-64-19-11-6-5-9-17-61-126-67-82(116)23-15-13-21-63-128-73(4)90(118)57-58-92(120)132-68-98(104,105)138-100(108,109)102(112,113)140-103(114,115)101(110,111)139-99(106,107)69-133-93(121)60-59-91(119)131-66-22-14-16-24-89(117)72(3)127-62-18-10-7-8-12-20-65-130-84-47-43-81(44-48-84)97(125)137-88-55-51-86(52-56-88)135-95(123)79-39-35-77(36-40-79)75-31-27-71(2)28-32-75/h41-56,70-79H,5-40,57-69H2,1-4H3. The highest BCUT2D eigenvalue weighted by Gasteiger charge is 2.74. The molecule has 0 spiro atoms. The van der Waals surface area contributed by atoms with Crippen molar-refractivity contribution in [2.24, 2.45) is 47.3 Å². The van der Waals surface area contributed by atoms with E-state index in [9.17, 15) is 101 Å². The van der Waals surface area contributed by atoms with Crippen LogP contribution < -0.4 is 28.4 Å². The Balaban J connectivity index is 0.552. The molecule has 0 N–H and O–H groups in total. The minimum atomic E-state index is -7.24. The topological polar surface area (TPSA) is 309 Å². The monoisotopic (exact) mass is 2000 g/mol. The van der Waals surface area contributed by atoms with Crippen LogP contribution in [0, 0.1) is 47.3 Å². The molecule has 4 aromatic rings. The third-order valence-electron chi connectivity index (χ3n) is 25.8. The number of ether oxygens (including phenoxy) is 15. The highest BCUT2D eigenvalue weighted by molar-refractivity contribution is 5.92. The van der Waals surface area contributed by atoms with Gasteiger partial charge in [-0.15, -0.1) is 0 Å². The van der Waals surface area contributed by atoms with E-state index in [1.807, 2.05) is 0 Å². The van der Waals surface area contributed by atoms with Crippen LogP contribution >= 0.6 is 0 Å². The molecule has 37 heteroatoms. The van der Waals surface area contributed by atoms with Crippen molar-refractivity contribution in [3.05, 3.63) is 108 Å². The first-order valence-corrected chi connectivity index (χ1v) is 49.4. The van der Waals surface area contributed by atoms with Gasteiger partial charge >= 0.3 is 78.4 Å². The van der Waals surface area contributed by atoms with Gasteiger partial charge in [0, 0.05) is 39.1 Å². The number of unbranched alkanes of at least 4 members (excludes halogenated alkanes) is 14. The summed E-state index contributed by atoms with van der Waals surface area (Å²) in [5, 5.41) is 0. The van der Waals surface area contributed by atoms with Gasteiger partial charge in [-0.1, -0.05) is 97.3 Å². The van der Waals surface area contributed by atoms with Gasteiger partial charge in [0.25, 0.3) is 0 Å². The Hall–Kier alpha value is -9.30. The molecule has 0 aliphatic heterocycles. The van der Waals surface area contributed by atoms with Gasteiger partial charge in [0.15, 0.2) is 30.6 Å². The lowest BCUT2D eigenvalue weighted by Crippen LogP contribution is -2.58. The zero-order valence-electron chi connectivity index (χ0n) is 80.4. The fourth-order valence-corrected chi connectivity index (χ4v) is 17.3. The first kappa shape index (κ1) is 116. The molecule has 782 valence electrons. The van der Waals surface area contributed by atoms with Crippen molar-refractivity contribution >= 4 is 59.1 Å². The summed E-state index contributed by atoms with van der Waals surface area (Å²) in [4.78, 5) is 125. The Kier molecular flexibility index (Phi) is 48.9. The highest BCUT2D eigenvalue weighted by Crippen LogP contribution is 2.50. The fourth-order valence-electron chi connectivity index (χ4n) is 17.3. The second-order valence-corrected chi connectivity index (χ2v) is 37.2. The molecule has 4 aliphatic carbocycles. The molecule has 4 aromatic carbocycles. The molecular weight excluding hydrogens is 1870 g/mol. The molecule has 0 aromatic heterocycles. The van der Waals surface area contributed by atoms with E-state index in [1.54, 1.807) is 104 Å². The Labute approximate surface area is 810 Å². The van der Waals surface area contributed by atoms with E-state index >= 15 is 0 Å². The second kappa shape index (κ2) is 59.1. The average molecular weight is 2000 g/mol. The zero-order valence-corrected chi connectivity index (χ0v) is 80.4. The number of carbonyl (C=O) groups excluding carboxylic acids is 10. The van der Waals surface area contributed by atoms with Crippen molar-refractivity contribution in [3.63, 3.8) is 0 Å². The fraction of sp³-hybridized carbons (Fsp3) is 0.670. The van der Waals surface area contributed by atoms with E-state index in [2.05, 4.69) is 37.5 Å². The lowest BCUT2D eigenvalue weighted by molar-refractivity contribution is -0.558. The molecule has 0 radical (unpaired) electrons. The quantitative estimate of drug-likeness (QED) is 0.0130. The van der Waals surface area contributed by atoms with Gasteiger partial charge in [-0.3, -0.25) is 38.4 Å². The normalized spacial score (nSPS) is 19.3. The Morgan fingerprint density at radius 2 is 0.593 bits per heavy atom. The third kappa shape index (κ3) is 42.7. The number of hydrogen-bond donors (Lipinski definition) is 0. The molecular formula is C103H136F12O25. The number of alkyl halides is 12. The molecule has 2 atom stereocenters. The molecule has 0 amide bonds. The molecule has 4 aliphatic rings. The summed E-state index contributed by atoms with van der Waals surface area (Å²) >= 11 is 0. The summed E-state index contributed by atoms with van der Waals surface area (Å²) < 4.78 is 242. The molecule has 0 bridgehead atoms. The van der Waals surface area contributed by atoms with Crippen LogP contribution in [0.3, 0.4) is 0 Å². The number of carbonyl (C=O) groups is 10. The SMILES string of the molecule is CC1CCC(C2CCC(C(=O)Oc3ccc(OC(=O)c4ccc(OCCCCCCCCOCC(=O)CCCCCOC(C)C(=O)CCC(=O)OCC(F)(F)OC(F)(F)C(F)(F)OC(F)(F)C(F)(F)OC(F)(F)COC(=O)CCC(=O)OCCCCCC(=O)C(C)OCCCCCCCCOc5ccc(C(=O)Oc6ccc(OC(=O)C7CCC(C8CCC(C)CC8)CC7)cc6)cc5)cc4)cc3)CC2)CC1. The maximum atomic E-state index is 14.3. The van der Waals surface area contributed by atoms with Gasteiger partial charge in [-0.2, -0.15) is 52.7 Å². The van der Waals surface area contributed by atoms with Crippen LogP contribution in [0.2, 0.25) is 0 Å². The second-order valence-electron chi connectivity index (χ2n) is 37.2. The minimum Gasteiger partial charge on any atom is -0.494 e. The van der Waals surface area contributed by atoms with Crippen LogP contribution in [0.25, 0.3) is 0 Å². The van der Waals surface area contributed by atoms with Gasteiger partial charge in [0.1, 0.15) is 53.3 Å². The largest absolute Gasteiger partial charge is 0.494 e. The smallest absolute Gasteiger partial charge is 0.453 e. The Morgan fingerprint density at radius 1 is 0.300 bits per heavy atom. The summed E-state index contributed by atoms with van der Waals surface area (Å²) in [5.41, 5.74) is 0.670. The molecule has 4 saturated carbocycles. The van der Waals surface area contributed by atoms with Gasteiger partial charge in [-0.05, 0) is 281 Å². The van der Waals surface area contributed by atoms with Crippen molar-refractivity contribution in [3.8, 4) is 34.5 Å². The van der Waals surface area contributed by atoms with E-state index in [1.165, 1.54) is 58.3 Å². The molecule has 25 nitrogen and oxygen atoms in total. The van der Waals surface area contributed by atoms with Gasteiger partial charge < -0.3 is 56.8 Å². The number of halogens is 12. The highest BCUT2D eigenvalue weighted by atomic mass is 19.4. The molecule has 0 saturated heterocycles. The van der Waals surface area contributed by atoms with Gasteiger partial charge in [0.05, 0.1) is 62.0 Å². The maximum absolute atomic E-state index is 14.3.